The zero-order valence-electron chi connectivity index (χ0n) is 11.8. The van der Waals surface area contributed by atoms with Crippen LogP contribution in [0.1, 0.15) is 5.56 Å². The highest BCUT2D eigenvalue weighted by Gasteiger charge is 2.09. The summed E-state index contributed by atoms with van der Waals surface area (Å²) >= 11 is 3.51. The van der Waals surface area contributed by atoms with Crippen molar-refractivity contribution in [2.24, 2.45) is 0 Å². The molecule has 0 saturated heterocycles. The molecular formula is C17H16BrN3. The van der Waals surface area contributed by atoms with Gasteiger partial charge in [0, 0.05) is 52.6 Å². The molecule has 2 aromatic carbocycles. The Morgan fingerprint density at radius 2 is 2.00 bits per heavy atom. The molecule has 0 amide bonds. The lowest BCUT2D eigenvalue weighted by Crippen LogP contribution is -2.16. The number of nitrogens with two attached hydrogens (primary N) is 1. The molecule has 0 unspecified atom stereocenters. The molecule has 0 radical (unpaired) electrons. The fourth-order valence-corrected chi connectivity index (χ4v) is 2.97. The molecule has 21 heavy (non-hydrogen) atoms. The standard InChI is InChI=1S/C17H16BrN3/c1-21(11-12-3-2-4-13(18)9-12)17-6-5-16(19)14-7-8-20-10-15(14)17/h2-10H,11,19H2,1H3. The molecule has 2 N–H and O–H groups in total. The van der Waals surface area contributed by atoms with E-state index < -0.39 is 0 Å². The van der Waals surface area contributed by atoms with Gasteiger partial charge in [0.05, 0.1) is 0 Å². The summed E-state index contributed by atoms with van der Waals surface area (Å²) in [6, 6.07) is 14.3. The van der Waals surface area contributed by atoms with Gasteiger partial charge in [-0.25, -0.2) is 0 Å². The van der Waals surface area contributed by atoms with Gasteiger partial charge in [0.25, 0.3) is 0 Å². The van der Waals surface area contributed by atoms with Crippen molar-refractivity contribution in [3.05, 3.63) is 64.9 Å². The average Bonchev–Trinajstić information content (AvgIpc) is 2.48. The van der Waals surface area contributed by atoms with Crippen LogP contribution < -0.4 is 10.6 Å². The van der Waals surface area contributed by atoms with Crippen LogP contribution in [0.2, 0.25) is 0 Å². The van der Waals surface area contributed by atoms with Crippen molar-refractivity contribution >= 4 is 38.1 Å². The van der Waals surface area contributed by atoms with E-state index in [-0.39, 0.29) is 0 Å². The maximum Gasteiger partial charge on any atom is 0.0463 e. The minimum Gasteiger partial charge on any atom is -0.398 e. The van der Waals surface area contributed by atoms with Crippen molar-refractivity contribution in [2.45, 2.75) is 6.54 Å². The summed E-state index contributed by atoms with van der Waals surface area (Å²) < 4.78 is 1.09. The number of nitrogens with zero attached hydrogens (tertiary/aromatic N) is 2. The Kier molecular flexibility index (Phi) is 3.80. The van der Waals surface area contributed by atoms with Crippen LogP contribution in [-0.2, 0) is 6.54 Å². The van der Waals surface area contributed by atoms with Gasteiger partial charge in [-0.1, -0.05) is 28.1 Å². The third kappa shape index (κ3) is 2.85. The zero-order valence-corrected chi connectivity index (χ0v) is 13.3. The van der Waals surface area contributed by atoms with E-state index in [1.165, 1.54) is 5.56 Å². The molecule has 0 aliphatic carbocycles. The number of halogens is 1. The van der Waals surface area contributed by atoms with Crippen molar-refractivity contribution in [3.8, 4) is 0 Å². The van der Waals surface area contributed by atoms with Gasteiger partial charge < -0.3 is 10.6 Å². The third-order valence-corrected chi connectivity index (χ3v) is 4.04. The molecule has 3 aromatic rings. The number of anilines is 2. The first kappa shape index (κ1) is 13.9. The zero-order chi connectivity index (χ0) is 14.8. The summed E-state index contributed by atoms with van der Waals surface area (Å²) in [5.74, 6) is 0. The van der Waals surface area contributed by atoms with E-state index in [9.17, 15) is 0 Å². The minimum atomic E-state index is 0.784. The maximum atomic E-state index is 6.05. The Morgan fingerprint density at radius 3 is 2.81 bits per heavy atom. The molecule has 0 bridgehead atoms. The number of hydrogen-bond donors (Lipinski definition) is 1. The number of pyridine rings is 1. The molecule has 3 nitrogen and oxygen atoms in total. The van der Waals surface area contributed by atoms with Gasteiger partial charge >= 0.3 is 0 Å². The van der Waals surface area contributed by atoms with E-state index in [2.05, 4.69) is 57.1 Å². The Hall–Kier alpha value is -2.07. The number of aromatic nitrogens is 1. The highest BCUT2D eigenvalue weighted by Crippen LogP contribution is 2.30. The predicted molar refractivity (Wildman–Crippen MR) is 92.4 cm³/mol. The molecule has 1 heterocycles. The van der Waals surface area contributed by atoms with Crippen molar-refractivity contribution in [1.82, 2.24) is 4.98 Å². The lowest BCUT2D eigenvalue weighted by molar-refractivity contribution is 0.927. The van der Waals surface area contributed by atoms with Crippen LogP contribution in [0.4, 0.5) is 11.4 Å². The largest absolute Gasteiger partial charge is 0.398 e. The molecule has 1 aromatic heterocycles. The number of rotatable bonds is 3. The molecule has 0 aliphatic rings. The van der Waals surface area contributed by atoms with Crippen LogP contribution in [0.5, 0.6) is 0 Å². The van der Waals surface area contributed by atoms with E-state index in [4.69, 9.17) is 5.73 Å². The quantitative estimate of drug-likeness (QED) is 0.725. The van der Waals surface area contributed by atoms with E-state index in [1.54, 1.807) is 6.20 Å². The fraction of sp³-hybridized carbons (Fsp3) is 0.118. The fourth-order valence-electron chi connectivity index (χ4n) is 2.53. The van der Waals surface area contributed by atoms with Crippen molar-refractivity contribution < 1.29 is 0 Å². The molecular weight excluding hydrogens is 326 g/mol. The average molecular weight is 342 g/mol. The summed E-state index contributed by atoms with van der Waals surface area (Å²) in [5.41, 5.74) is 9.21. The first-order chi connectivity index (χ1) is 10.1. The molecule has 106 valence electrons. The summed E-state index contributed by atoms with van der Waals surface area (Å²) in [6.45, 7) is 0.827. The minimum absolute atomic E-state index is 0.784. The molecule has 0 fully saturated rings. The van der Waals surface area contributed by atoms with Crippen LogP contribution in [0, 0.1) is 0 Å². The highest BCUT2D eigenvalue weighted by atomic mass is 79.9. The van der Waals surface area contributed by atoms with Crippen LogP contribution in [0.3, 0.4) is 0 Å². The van der Waals surface area contributed by atoms with Gasteiger partial charge in [0.1, 0.15) is 0 Å². The Labute approximate surface area is 132 Å². The molecule has 4 heteroatoms. The highest BCUT2D eigenvalue weighted by molar-refractivity contribution is 9.10. The number of benzene rings is 2. The van der Waals surface area contributed by atoms with Gasteiger partial charge in [-0.15, -0.1) is 0 Å². The first-order valence-corrected chi connectivity index (χ1v) is 7.52. The smallest absolute Gasteiger partial charge is 0.0463 e. The summed E-state index contributed by atoms with van der Waals surface area (Å²) in [6.07, 6.45) is 3.65. The Morgan fingerprint density at radius 1 is 1.14 bits per heavy atom. The number of fused-ring (bicyclic) bond motifs is 1. The molecule has 3 rings (SSSR count). The van der Waals surface area contributed by atoms with Crippen LogP contribution in [-0.4, -0.2) is 12.0 Å². The monoisotopic (exact) mass is 341 g/mol. The number of nitrogen functional groups attached to an aromatic ring is 1. The van der Waals surface area contributed by atoms with E-state index >= 15 is 0 Å². The molecule has 0 atom stereocenters. The topological polar surface area (TPSA) is 42.1 Å². The van der Waals surface area contributed by atoms with Gasteiger partial charge in [-0.3, -0.25) is 4.98 Å². The van der Waals surface area contributed by atoms with Crippen LogP contribution in [0.25, 0.3) is 10.8 Å². The van der Waals surface area contributed by atoms with Crippen LogP contribution in [0.15, 0.2) is 59.3 Å². The van der Waals surface area contributed by atoms with E-state index in [1.807, 2.05) is 24.4 Å². The predicted octanol–water partition coefficient (Wildman–Crippen LogP) is 4.22. The molecule has 0 aliphatic heterocycles. The normalized spacial score (nSPS) is 10.8. The Balaban J connectivity index is 1.98. The van der Waals surface area contributed by atoms with E-state index in [0.29, 0.717) is 0 Å². The third-order valence-electron chi connectivity index (χ3n) is 3.55. The van der Waals surface area contributed by atoms with Gasteiger partial charge in [0.15, 0.2) is 0 Å². The van der Waals surface area contributed by atoms with E-state index in [0.717, 1.165) is 33.2 Å². The summed E-state index contributed by atoms with van der Waals surface area (Å²) in [5, 5.41) is 2.12. The summed E-state index contributed by atoms with van der Waals surface area (Å²) in [7, 11) is 2.08. The maximum absolute atomic E-state index is 6.05. The summed E-state index contributed by atoms with van der Waals surface area (Å²) in [4.78, 5) is 6.44. The van der Waals surface area contributed by atoms with Gasteiger partial charge in [0.2, 0.25) is 0 Å². The van der Waals surface area contributed by atoms with Gasteiger partial charge in [-0.05, 0) is 35.9 Å². The Bertz CT molecular complexity index is 786. The second-order valence-corrected chi connectivity index (χ2v) is 6.00. The van der Waals surface area contributed by atoms with Gasteiger partial charge in [-0.2, -0.15) is 0 Å². The molecule has 0 saturated carbocycles. The lowest BCUT2D eigenvalue weighted by atomic mass is 10.1. The van der Waals surface area contributed by atoms with Crippen molar-refractivity contribution in [2.75, 3.05) is 17.7 Å². The molecule has 0 spiro atoms. The van der Waals surface area contributed by atoms with Crippen molar-refractivity contribution in [3.63, 3.8) is 0 Å². The first-order valence-electron chi connectivity index (χ1n) is 6.73. The second kappa shape index (κ2) is 5.74. The van der Waals surface area contributed by atoms with Crippen molar-refractivity contribution in [1.29, 1.82) is 0 Å². The second-order valence-electron chi connectivity index (χ2n) is 5.08. The van der Waals surface area contributed by atoms with Crippen LogP contribution >= 0.6 is 15.9 Å². The SMILES string of the molecule is CN(Cc1cccc(Br)c1)c1ccc(N)c2ccncc12. The number of hydrogen-bond acceptors (Lipinski definition) is 3. The lowest BCUT2D eigenvalue weighted by Gasteiger charge is -2.22.